The molecular weight excluding hydrogens is 546 g/mol. The first-order valence-electron chi connectivity index (χ1n) is 7.67. The number of hydrogen-bond acceptors (Lipinski definition) is 4. The third-order valence-electron chi connectivity index (χ3n) is 3.56. The highest BCUT2D eigenvalue weighted by Crippen LogP contribution is 2.37. The summed E-state index contributed by atoms with van der Waals surface area (Å²) < 4.78 is 2.10. The Bertz CT molecular complexity index is 742. The Kier molecular flexibility index (Phi) is 8.73. The highest BCUT2D eigenvalue weighted by molar-refractivity contribution is 14.1. The van der Waals surface area contributed by atoms with Crippen molar-refractivity contribution >= 4 is 48.8 Å². The van der Waals surface area contributed by atoms with Crippen LogP contribution in [0.3, 0.4) is 0 Å². The van der Waals surface area contributed by atoms with Gasteiger partial charge in [-0.15, -0.1) is 0 Å². The molecule has 2 rings (SSSR count). The summed E-state index contributed by atoms with van der Waals surface area (Å²) in [6.07, 6.45) is 7.13. The highest BCUT2D eigenvalue weighted by Gasteiger charge is 2.13. The molecule has 0 aromatic heterocycles. The molecule has 0 atom stereocenters. The van der Waals surface area contributed by atoms with Crippen molar-refractivity contribution in [3.8, 4) is 11.5 Å². The second-order valence-corrected chi connectivity index (χ2v) is 7.83. The second kappa shape index (κ2) is 10.8. The van der Waals surface area contributed by atoms with Crippen LogP contribution in [0.1, 0.15) is 24.0 Å². The summed E-state index contributed by atoms with van der Waals surface area (Å²) in [6.45, 7) is 0. The Morgan fingerprint density at radius 1 is 0.920 bits per heavy atom. The van der Waals surface area contributed by atoms with Gasteiger partial charge < -0.3 is 9.78 Å². The van der Waals surface area contributed by atoms with Crippen molar-refractivity contribution in [2.45, 2.75) is 19.3 Å². The van der Waals surface area contributed by atoms with E-state index in [0.29, 0.717) is 5.56 Å². The molecule has 2 aromatic rings. The second-order valence-electron chi connectivity index (χ2n) is 5.28. The average molecular weight is 564 g/mol. The average Bonchev–Trinajstić information content (AvgIpc) is 2.66. The van der Waals surface area contributed by atoms with Crippen LogP contribution < -0.4 is 9.78 Å². The SMILES string of the molecule is OOc1cccc(C(I)=CC=C(I)CCCc2ccccc2)c1OO. The van der Waals surface area contributed by atoms with Crippen LogP contribution in [0.2, 0.25) is 0 Å². The van der Waals surface area contributed by atoms with Crippen LogP contribution in [0.25, 0.3) is 3.58 Å². The standard InChI is InChI=1S/C19H18I2O4/c20-15(9-4-8-14-6-2-1-3-7-14)12-13-17(21)16-10-5-11-18(24-22)19(16)25-23/h1-3,5-7,10-13,22-23H,4,8-9H2. The van der Waals surface area contributed by atoms with Gasteiger partial charge in [-0.3, -0.25) is 0 Å². The molecule has 0 saturated heterocycles. The Hall–Kier alpha value is -1.10. The van der Waals surface area contributed by atoms with E-state index in [1.54, 1.807) is 12.1 Å². The van der Waals surface area contributed by atoms with Crippen molar-refractivity contribution in [2.24, 2.45) is 0 Å². The van der Waals surface area contributed by atoms with Crippen molar-refractivity contribution in [3.63, 3.8) is 0 Å². The van der Waals surface area contributed by atoms with Gasteiger partial charge >= 0.3 is 0 Å². The lowest BCUT2D eigenvalue weighted by Gasteiger charge is -2.08. The first kappa shape index (κ1) is 20.2. The molecule has 132 valence electrons. The summed E-state index contributed by atoms with van der Waals surface area (Å²) >= 11 is 4.49. The molecule has 4 nitrogen and oxygen atoms in total. The number of allylic oxidation sites excluding steroid dienone is 3. The van der Waals surface area contributed by atoms with Gasteiger partial charge in [-0.1, -0.05) is 42.5 Å². The van der Waals surface area contributed by atoms with Crippen LogP contribution in [-0.4, -0.2) is 10.5 Å². The Balaban J connectivity index is 2.00. The molecule has 0 aliphatic rings. The minimum absolute atomic E-state index is 0.0594. The molecule has 0 spiro atoms. The summed E-state index contributed by atoms with van der Waals surface area (Å²) in [6, 6.07) is 15.4. The molecule has 0 saturated carbocycles. The molecule has 25 heavy (non-hydrogen) atoms. The van der Waals surface area contributed by atoms with Gasteiger partial charge in [0, 0.05) is 9.14 Å². The molecular formula is C19H18I2O4. The fourth-order valence-electron chi connectivity index (χ4n) is 2.31. The van der Waals surface area contributed by atoms with E-state index in [-0.39, 0.29) is 11.5 Å². The van der Waals surface area contributed by atoms with Crippen LogP contribution in [0.4, 0.5) is 0 Å². The third kappa shape index (κ3) is 6.28. The predicted octanol–water partition coefficient (Wildman–Crippen LogP) is 6.51. The maximum atomic E-state index is 9.04. The zero-order valence-corrected chi connectivity index (χ0v) is 17.7. The Morgan fingerprint density at radius 3 is 2.36 bits per heavy atom. The van der Waals surface area contributed by atoms with E-state index < -0.39 is 0 Å². The minimum atomic E-state index is 0.0594. The van der Waals surface area contributed by atoms with E-state index >= 15 is 0 Å². The normalized spacial score (nSPS) is 12.2. The number of halogens is 2. The quantitative estimate of drug-likeness (QED) is 0.166. The molecule has 0 amide bonds. The number of benzene rings is 2. The summed E-state index contributed by atoms with van der Waals surface area (Å²) in [5, 5.41) is 17.9. The van der Waals surface area contributed by atoms with Gasteiger partial charge in [0.05, 0.1) is 0 Å². The maximum Gasteiger partial charge on any atom is 0.219 e. The summed E-state index contributed by atoms with van der Waals surface area (Å²) in [5.74, 6) is 0.141. The van der Waals surface area contributed by atoms with Gasteiger partial charge in [0.1, 0.15) is 0 Å². The van der Waals surface area contributed by atoms with E-state index in [1.165, 1.54) is 15.2 Å². The fourth-order valence-corrected chi connectivity index (χ4v) is 3.48. The van der Waals surface area contributed by atoms with Crippen LogP contribution in [0.5, 0.6) is 11.5 Å². The van der Waals surface area contributed by atoms with Gasteiger partial charge in [0.2, 0.25) is 11.5 Å². The van der Waals surface area contributed by atoms with Crippen molar-refractivity contribution < 1.29 is 20.3 Å². The van der Waals surface area contributed by atoms with Gasteiger partial charge in [-0.2, -0.15) is 0 Å². The lowest BCUT2D eigenvalue weighted by atomic mass is 10.1. The monoisotopic (exact) mass is 564 g/mol. The van der Waals surface area contributed by atoms with Gasteiger partial charge in [-0.05, 0) is 91.8 Å². The highest BCUT2D eigenvalue weighted by atomic mass is 127. The van der Waals surface area contributed by atoms with Crippen LogP contribution in [-0.2, 0) is 6.42 Å². The number of hydrogen-bond donors (Lipinski definition) is 2. The molecule has 2 aromatic carbocycles. The molecule has 0 radical (unpaired) electrons. The summed E-state index contributed by atoms with van der Waals surface area (Å²) in [5.41, 5.74) is 1.99. The molecule has 0 fully saturated rings. The molecule has 0 unspecified atom stereocenters. The van der Waals surface area contributed by atoms with E-state index in [4.69, 9.17) is 10.5 Å². The van der Waals surface area contributed by atoms with Crippen LogP contribution in [0.15, 0.2) is 64.3 Å². The number of para-hydroxylation sites is 1. The van der Waals surface area contributed by atoms with E-state index in [9.17, 15) is 0 Å². The van der Waals surface area contributed by atoms with Crippen LogP contribution in [0, 0.1) is 0 Å². The topological polar surface area (TPSA) is 58.9 Å². The van der Waals surface area contributed by atoms with E-state index in [2.05, 4.69) is 79.2 Å². The van der Waals surface area contributed by atoms with Crippen LogP contribution >= 0.6 is 45.2 Å². The largest absolute Gasteiger partial charge is 0.336 e. The zero-order valence-electron chi connectivity index (χ0n) is 13.4. The van der Waals surface area contributed by atoms with Crippen molar-refractivity contribution in [2.75, 3.05) is 0 Å². The number of rotatable bonds is 8. The van der Waals surface area contributed by atoms with Gasteiger partial charge in [-0.25, -0.2) is 10.5 Å². The first-order chi connectivity index (χ1) is 12.2. The van der Waals surface area contributed by atoms with E-state index in [1.807, 2.05) is 18.2 Å². The molecule has 0 heterocycles. The smallest absolute Gasteiger partial charge is 0.219 e. The first-order valence-corrected chi connectivity index (χ1v) is 9.83. The molecule has 6 heteroatoms. The van der Waals surface area contributed by atoms with Gasteiger partial charge in [0.25, 0.3) is 0 Å². The minimum Gasteiger partial charge on any atom is -0.336 e. The molecule has 0 aliphatic heterocycles. The van der Waals surface area contributed by atoms with Gasteiger partial charge in [0.15, 0.2) is 0 Å². The number of aryl methyl sites for hydroxylation is 1. The van der Waals surface area contributed by atoms with Crippen molar-refractivity contribution in [3.05, 3.63) is 75.4 Å². The predicted molar refractivity (Wildman–Crippen MR) is 116 cm³/mol. The lowest BCUT2D eigenvalue weighted by molar-refractivity contribution is -0.164. The fraction of sp³-hybridized carbons (Fsp3) is 0.158. The Labute approximate surface area is 174 Å². The summed E-state index contributed by atoms with van der Waals surface area (Å²) in [7, 11) is 0. The van der Waals surface area contributed by atoms with E-state index in [0.717, 1.165) is 22.8 Å². The molecule has 0 bridgehead atoms. The molecule has 2 N–H and O–H groups in total. The lowest BCUT2D eigenvalue weighted by Crippen LogP contribution is -1.94. The van der Waals surface area contributed by atoms with Crippen molar-refractivity contribution in [1.29, 1.82) is 0 Å². The molecule has 0 aliphatic carbocycles. The third-order valence-corrected chi connectivity index (χ3v) is 5.40. The zero-order chi connectivity index (χ0) is 18.1. The Morgan fingerprint density at radius 2 is 1.68 bits per heavy atom. The maximum absolute atomic E-state index is 9.04. The summed E-state index contributed by atoms with van der Waals surface area (Å²) in [4.78, 5) is 8.57. The van der Waals surface area contributed by atoms with Crippen molar-refractivity contribution in [1.82, 2.24) is 0 Å².